The number of hydrogen-bond donors (Lipinski definition) is 2. The van der Waals surface area contributed by atoms with Crippen molar-refractivity contribution in [3.63, 3.8) is 0 Å². The molecular weight excluding hydrogens is 172 g/mol. The number of aldehydes is 1. The summed E-state index contributed by atoms with van der Waals surface area (Å²) in [5.74, 6) is 0. The summed E-state index contributed by atoms with van der Waals surface area (Å²) in [4.78, 5) is 11.5. The average Bonchev–Trinajstić information content (AvgIpc) is 2.02. The molecule has 2 N–H and O–H groups in total. The van der Waals surface area contributed by atoms with Crippen LogP contribution in [0.2, 0.25) is 0 Å². The zero-order valence-electron chi connectivity index (χ0n) is 6.96. The van der Waals surface area contributed by atoms with E-state index in [2.05, 4.69) is 16.6 Å². The molecule has 1 saturated heterocycles. The molecule has 0 aromatic heterocycles. The van der Waals surface area contributed by atoms with Gasteiger partial charge in [0.25, 0.3) is 0 Å². The third kappa shape index (κ3) is 1.77. The van der Waals surface area contributed by atoms with Gasteiger partial charge in [0.15, 0.2) is 0 Å². The minimum atomic E-state index is -0.114. The van der Waals surface area contributed by atoms with E-state index < -0.39 is 0 Å². The maximum Gasteiger partial charge on any atom is 0.142 e. The number of carbonyl (C=O) groups excluding carboxylic acids is 1. The summed E-state index contributed by atoms with van der Waals surface area (Å²) in [6.07, 6.45) is 2.70. The van der Waals surface area contributed by atoms with Crippen molar-refractivity contribution in [1.29, 1.82) is 0 Å². The van der Waals surface area contributed by atoms with Crippen LogP contribution in [0.15, 0.2) is 23.1 Å². The van der Waals surface area contributed by atoms with Gasteiger partial charge in [-0.1, -0.05) is 12.7 Å². The molecule has 66 valence electrons. The first kappa shape index (κ1) is 9.51. The van der Waals surface area contributed by atoms with Crippen molar-refractivity contribution in [1.82, 2.24) is 10.0 Å². The van der Waals surface area contributed by atoms with Gasteiger partial charge in [0.1, 0.15) is 12.3 Å². The van der Waals surface area contributed by atoms with Crippen LogP contribution < -0.4 is 10.0 Å². The highest BCUT2D eigenvalue weighted by molar-refractivity contribution is 8.03. The van der Waals surface area contributed by atoms with Crippen LogP contribution in [0.25, 0.3) is 0 Å². The molecule has 0 saturated carbocycles. The molecule has 0 aromatic carbocycles. The van der Waals surface area contributed by atoms with Crippen molar-refractivity contribution in [2.45, 2.75) is 6.04 Å². The minimum absolute atomic E-state index is 0.114. The van der Waals surface area contributed by atoms with Crippen LogP contribution in [0.3, 0.4) is 0 Å². The zero-order chi connectivity index (χ0) is 8.97. The quantitative estimate of drug-likeness (QED) is 0.492. The first-order valence-corrected chi connectivity index (χ1v) is 4.53. The van der Waals surface area contributed by atoms with E-state index in [-0.39, 0.29) is 6.04 Å². The van der Waals surface area contributed by atoms with Crippen LogP contribution in [0.4, 0.5) is 0 Å². The molecule has 0 aliphatic carbocycles. The summed E-state index contributed by atoms with van der Waals surface area (Å²) in [6.45, 7) is 4.46. The van der Waals surface area contributed by atoms with E-state index in [1.807, 2.05) is 7.05 Å². The molecule has 1 atom stereocenters. The van der Waals surface area contributed by atoms with Crippen LogP contribution in [0.1, 0.15) is 0 Å². The molecule has 1 unspecified atom stereocenters. The highest BCUT2D eigenvalue weighted by Crippen LogP contribution is 2.30. The second kappa shape index (κ2) is 4.45. The third-order valence-corrected chi connectivity index (χ3v) is 2.75. The van der Waals surface area contributed by atoms with Gasteiger partial charge < -0.3 is 10.1 Å². The molecule has 1 heterocycles. The topological polar surface area (TPSA) is 41.1 Å². The predicted octanol–water partition coefficient (Wildman–Crippen LogP) is 0.465. The van der Waals surface area contributed by atoms with Crippen molar-refractivity contribution >= 4 is 18.2 Å². The maximum absolute atomic E-state index is 10.5. The summed E-state index contributed by atoms with van der Waals surface area (Å²) in [6, 6.07) is -0.114. The first-order chi connectivity index (χ1) is 5.83. The SMILES string of the molecule is C=C/C(CNC)=C1\SNC1C=O. The van der Waals surface area contributed by atoms with Crippen molar-refractivity contribution < 1.29 is 4.79 Å². The Balaban J connectivity index is 2.71. The number of likely N-dealkylation sites (N-methyl/N-ethyl adjacent to an activating group) is 1. The highest BCUT2D eigenvalue weighted by atomic mass is 32.2. The Morgan fingerprint density at radius 3 is 3.00 bits per heavy atom. The van der Waals surface area contributed by atoms with Crippen LogP contribution in [0.5, 0.6) is 0 Å². The fourth-order valence-electron chi connectivity index (χ4n) is 0.991. The molecule has 0 aromatic rings. The largest absolute Gasteiger partial charge is 0.316 e. The third-order valence-electron chi connectivity index (χ3n) is 1.64. The van der Waals surface area contributed by atoms with Crippen LogP contribution in [-0.2, 0) is 4.79 Å². The van der Waals surface area contributed by atoms with Gasteiger partial charge in [-0.05, 0) is 24.6 Å². The first-order valence-electron chi connectivity index (χ1n) is 3.71. The Morgan fingerprint density at radius 2 is 2.67 bits per heavy atom. The van der Waals surface area contributed by atoms with E-state index in [0.29, 0.717) is 0 Å². The highest BCUT2D eigenvalue weighted by Gasteiger charge is 2.26. The van der Waals surface area contributed by atoms with E-state index in [1.165, 1.54) is 11.9 Å². The second-order valence-electron chi connectivity index (χ2n) is 2.46. The smallest absolute Gasteiger partial charge is 0.142 e. The van der Waals surface area contributed by atoms with Gasteiger partial charge in [0, 0.05) is 11.4 Å². The summed E-state index contributed by atoms with van der Waals surface area (Å²) in [7, 11) is 1.87. The predicted molar refractivity (Wildman–Crippen MR) is 51.7 cm³/mol. The van der Waals surface area contributed by atoms with Gasteiger partial charge in [-0.15, -0.1) is 0 Å². The molecule has 4 heteroatoms. The maximum atomic E-state index is 10.5. The molecule has 1 fully saturated rings. The summed E-state index contributed by atoms with van der Waals surface area (Å²) in [5, 5.41) is 3.03. The Bertz CT molecular complexity index is 225. The average molecular weight is 184 g/mol. The fraction of sp³-hybridized carbons (Fsp3) is 0.375. The molecule has 1 aliphatic rings. The van der Waals surface area contributed by atoms with Gasteiger partial charge in [0.2, 0.25) is 0 Å². The Morgan fingerprint density at radius 1 is 1.92 bits per heavy atom. The Hall–Kier alpha value is -0.580. The number of nitrogens with one attached hydrogen (secondary N) is 2. The van der Waals surface area contributed by atoms with E-state index >= 15 is 0 Å². The normalized spacial score (nSPS) is 25.9. The Kier molecular flexibility index (Phi) is 3.52. The van der Waals surface area contributed by atoms with Crippen molar-refractivity contribution in [2.75, 3.05) is 13.6 Å². The lowest BCUT2D eigenvalue weighted by Gasteiger charge is -2.27. The van der Waals surface area contributed by atoms with E-state index in [4.69, 9.17) is 0 Å². The molecule has 12 heavy (non-hydrogen) atoms. The van der Waals surface area contributed by atoms with Gasteiger partial charge in [-0.2, -0.15) is 0 Å². The molecule has 0 radical (unpaired) electrons. The summed E-state index contributed by atoms with van der Waals surface area (Å²) in [5.41, 5.74) is 1.10. The van der Waals surface area contributed by atoms with Gasteiger partial charge in [-0.3, -0.25) is 0 Å². The summed E-state index contributed by atoms with van der Waals surface area (Å²) >= 11 is 1.50. The van der Waals surface area contributed by atoms with Crippen molar-refractivity contribution in [3.05, 3.63) is 23.1 Å². The summed E-state index contributed by atoms with van der Waals surface area (Å²) < 4.78 is 2.93. The standard InChI is InChI=1S/C8H12N2OS/c1-3-6(4-9-2)8-7(5-11)10-12-8/h3,5,7,9-10H,1,4H2,2H3/b8-6+. The lowest BCUT2D eigenvalue weighted by atomic mass is 10.1. The molecular formula is C8H12N2OS. The van der Waals surface area contributed by atoms with Crippen LogP contribution in [0, 0.1) is 0 Å². The monoisotopic (exact) mass is 184 g/mol. The molecule has 0 bridgehead atoms. The lowest BCUT2D eigenvalue weighted by Crippen LogP contribution is -2.37. The van der Waals surface area contributed by atoms with Crippen molar-refractivity contribution in [3.8, 4) is 0 Å². The van der Waals surface area contributed by atoms with Crippen molar-refractivity contribution in [2.24, 2.45) is 0 Å². The molecule has 0 amide bonds. The van der Waals surface area contributed by atoms with Crippen LogP contribution >= 0.6 is 11.9 Å². The minimum Gasteiger partial charge on any atom is -0.316 e. The van der Waals surface area contributed by atoms with Gasteiger partial charge in [-0.25, -0.2) is 4.72 Å². The Labute approximate surface area is 76.4 Å². The fourth-order valence-corrected chi connectivity index (χ4v) is 1.76. The number of rotatable bonds is 4. The second-order valence-corrected chi connectivity index (χ2v) is 3.34. The molecule has 1 rings (SSSR count). The van der Waals surface area contributed by atoms with E-state index in [9.17, 15) is 4.79 Å². The van der Waals surface area contributed by atoms with Crippen LogP contribution in [-0.4, -0.2) is 25.9 Å². The number of carbonyl (C=O) groups is 1. The molecule has 3 nitrogen and oxygen atoms in total. The number of hydrogen-bond acceptors (Lipinski definition) is 4. The zero-order valence-corrected chi connectivity index (χ0v) is 7.78. The van der Waals surface area contributed by atoms with Gasteiger partial charge in [0.05, 0.1) is 0 Å². The van der Waals surface area contributed by atoms with E-state index in [0.717, 1.165) is 23.3 Å². The van der Waals surface area contributed by atoms with E-state index in [1.54, 1.807) is 6.08 Å². The molecule has 0 spiro atoms. The van der Waals surface area contributed by atoms with Gasteiger partial charge >= 0.3 is 0 Å². The lowest BCUT2D eigenvalue weighted by molar-refractivity contribution is -0.108. The molecule has 1 aliphatic heterocycles.